The molecule has 7 heteroatoms. The normalized spacial score (nSPS) is 21.9. The summed E-state index contributed by atoms with van der Waals surface area (Å²) in [7, 11) is 3.30. The smallest absolute Gasteiger partial charge is 0.236 e. The third kappa shape index (κ3) is 3.77. The molecule has 0 atom stereocenters. The van der Waals surface area contributed by atoms with Gasteiger partial charge in [-0.05, 0) is 29.7 Å². The molecular formula is C20H28N2O5. The largest absolute Gasteiger partial charge is 0.493 e. The number of likely N-dealkylation sites (tertiary alicyclic amines) is 1. The predicted molar refractivity (Wildman–Crippen MR) is 99.0 cm³/mol. The zero-order chi connectivity index (χ0) is 18.9. The summed E-state index contributed by atoms with van der Waals surface area (Å²) in [5.41, 5.74) is 2.48. The number of nitrogens with zero attached hydrogens (tertiary/aromatic N) is 2. The zero-order valence-electron chi connectivity index (χ0n) is 16.2. The molecule has 1 aromatic rings. The maximum atomic E-state index is 12.8. The number of carbonyl (C=O) groups excluding carboxylic acids is 1. The van der Waals surface area contributed by atoms with Gasteiger partial charge in [0.05, 0.1) is 34.0 Å². The Labute approximate surface area is 160 Å². The van der Waals surface area contributed by atoms with E-state index in [9.17, 15) is 4.79 Å². The molecule has 27 heavy (non-hydrogen) atoms. The summed E-state index contributed by atoms with van der Waals surface area (Å²) >= 11 is 0. The summed E-state index contributed by atoms with van der Waals surface area (Å²) in [5, 5.41) is 0. The molecule has 3 aliphatic rings. The highest BCUT2D eigenvalue weighted by atomic mass is 16.7. The minimum atomic E-state index is -0.434. The minimum absolute atomic E-state index is 0.187. The van der Waals surface area contributed by atoms with Crippen LogP contribution < -0.4 is 9.47 Å². The van der Waals surface area contributed by atoms with Gasteiger partial charge >= 0.3 is 0 Å². The predicted octanol–water partition coefficient (Wildman–Crippen LogP) is 1.43. The number of amides is 1. The molecule has 0 saturated carbocycles. The standard InChI is InChI=1S/C20H28N2O5/c1-24-17-11-15-3-6-21(13-16(15)12-18(17)25-2)14-19(23)22-7-4-20(5-8-22)26-9-10-27-20/h11-12H,3-10,13-14H2,1-2H3. The van der Waals surface area contributed by atoms with E-state index in [0.717, 1.165) is 43.9 Å². The molecule has 2 saturated heterocycles. The van der Waals surface area contributed by atoms with Crippen LogP contribution in [-0.2, 0) is 27.2 Å². The molecule has 1 aromatic carbocycles. The first-order valence-corrected chi connectivity index (χ1v) is 9.64. The van der Waals surface area contributed by atoms with Crippen LogP contribution >= 0.6 is 0 Å². The number of carbonyl (C=O) groups is 1. The topological polar surface area (TPSA) is 60.5 Å². The van der Waals surface area contributed by atoms with Crippen LogP contribution in [0.5, 0.6) is 11.5 Å². The highest BCUT2D eigenvalue weighted by molar-refractivity contribution is 5.78. The van der Waals surface area contributed by atoms with Crippen LogP contribution in [0.25, 0.3) is 0 Å². The maximum absolute atomic E-state index is 12.8. The van der Waals surface area contributed by atoms with Gasteiger partial charge < -0.3 is 23.8 Å². The Balaban J connectivity index is 1.35. The summed E-state index contributed by atoms with van der Waals surface area (Å²) < 4.78 is 22.3. The molecule has 0 radical (unpaired) electrons. The van der Waals surface area contributed by atoms with Crippen LogP contribution in [0.4, 0.5) is 0 Å². The van der Waals surface area contributed by atoms with Gasteiger partial charge in [0, 0.05) is 39.0 Å². The Kier molecular flexibility index (Phi) is 5.25. The Morgan fingerprint density at radius 1 is 1.04 bits per heavy atom. The summed E-state index contributed by atoms with van der Waals surface area (Å²) in [6.45, 7) is 4.81. The van der Waals surface area contributed by atoms with E-state index >= 15 is 0 Å². The molecule has 0 aliphatic carbocycles. The third-order valence-electron chi connectivity index (χ3n) is 5.85. The number of hydrogen-bond acceptors (Lipinski definition) is 6. The first kappa shape index (κ1) is 18.5. The lowest BCUT2D eigenvalue weighted by atomic mass is 9.98. The van der Waals surface area contributed by atoms with E-state index in [1.165, 1.54) is 11.1 Å². The highest BCUT2D eigenvalue weighted by Gasteiger charge is 2.40. The van der Waals surface area contributed by atoms with Gasteiger partial charge in [-0.3, -0.25) is 9.69 Å². The summed E-state index contributed by atoms with van der Waals surface area (Å²) in [4.78, 5) is 16.9. The molecule has 7 nitrogen and oxygen atoms in total. The molecule has 0 bridgehead atoms. The summed E-state index contributed by atoms with van der Waals surface area (Å²) in [6.07, 6.45) is 2.44. The average Bonchev–Trinajstić information content (AvgIpc) is 3.15. The van der Waals surface area contributed by atoms with E-state index in [-0.39, 0.29) is 5.91 Å². The van der Waals surface area contributed by atoms with E-state index in [1.54, 1.807) is 14.2 Å². The second kappa shape index (κ2) is 7.66. The molecule has 2 fully saturated rings. The molecule has 3 aliphatic heterocycles. The number of benzene rings is 1. The van der Waals surface area contributed by atoms with E-state index in [0.29, 0.717) is 32.8 Å². The van der Waals surface area contributed by atoms with Gasteiger partial charge in [-0.25, -0.2) is 0 Å². The van der Waals surface area contributed by atoms with Crippen LogP contribution in [0.1, 0.15) is 24.0 Å². The Morgan fingerprint density at radius 2 is 1.67 bits per heavy atom. The van der Waals surface area contributed by atoms with E-state index in [2.05, 4.69) is 11.0 Å². The van der Waals surface area contributed by atoms with Crippen molar-refractivity contribution >= 4 is 5.91 Å². The van der Waals surface area contributed by atoms with Gasteiger partial charge in [-0.15, -0.1) is 0 Å². The zero-order valence-corrected chi connectivity index (χ0v) is 16.2. The van der Waals surface area contributed by atoms with E-state index in [4.69, 9.17) is 18.9 Å². The number of ether oxygens (including phenoxy) is 4. The van der Waals surface area contributed by atoms with Crippen LogP contribution in [-0.4, -0.2) is 75.1 Å². The van der Waals surface area contributed by atoms with Crippen molar-refractivity contribution < 1.29 is 23.7 Å². The first-order chi connectivity index (χ1) is 13.1. The Bertz CT molecular complexity index is 692. The molecule has 0 N–H and O–H groups in total. The molecule has 0 unspecified atom stereocenters. The molecule has 4 rings (SSSR count). The first-order valence-electron chi connectivity index (χ1n) is 9.64. The maximum Gasteiger partial charge on any atom is 0.236 e. The van der Waals surface area contributed by atoms with Crippen LogP contribution in [0.3, 0.4) is 0 Å². The fourth-order valence-corrected chi connectivity index (χ4v) is 4.25. The van der Waals surface area contributed by atoms with Crippen LogP contribution in [0.2, 0.25) is 0 Å². The van der Waals surface area contributed by atoms with Gasteiger partial charge in [0.2, 0.25) is 5.91 Å². The van der Waals surface area contributed by atoms with Gasteiger partial charge in [0.25, 0.3) is 0 Å². The van der Waals surface area contributed by atoms with Crippen molar-refractivity contribution in [2.24, 2.45) is 0 Å². The van der Waals surface area contributed by atoms with E-state index < -0.39 is 5.79 Å². The summed E-state index contributed by atoms with van der Waals surface area (Å²) in [5.74, 6) is 1.25. The van der Waals surface area contributed by atoms with Crippen molar-refractivity contribution in [2.45, 2.75) is 31.6 Å². The number of hydrogen-bond donors (Lipinski definition) is 0. The quantitative estimate of drug-likeness (QED) is 0.792. The van der Waals surface area contributed by atoms with Crippen molar-refractivity contribution in [3.63, 3.8) is 0 Å². The fraction of sp³-hybridized carbons (Fsp3) is 0.650. The number of piperidine rings is 1. The number of fused-ring (bicyclic) bond motifs is 1. The van der Waals surface area contributed by atoms with Crippen LogP contribution in [0, 0.1) is 0 Å². The van der Waals surface area contributed by atoms with Gasteiger partial charge in [0.15, 0.2) is 17.3 Å². The highest BCUT2D eigenvalue weighted by Crippen LogP contribution is 2.34. The molecule has 148 valence electrons. The molecule has 0 aromatic heterocycles. The second-order valence-corrected chi connectivity index (χ2v) is 7.42. The monoisotopic (exact) mass is 376 g/mol. The van der Waals surface area contributed by atoms with Gasteiger partial charge in [-0.2, -0.15) is 0 Å². The van der Waals surface area contributed by atoms with Crippen molar-refractivity contribution in [3.05, 3.63) is 23.3 Å². The average molecular weight is 376 g/mol. The van der Waals surface area contributed by atoms with Crippen molar-refractivity contribution in [2.75, 3.05) is 53.6 Å². The SMILES string of the molecule is COc1cc2c(cc1OC)CN(CC(=O)N1CCC3(CC1)OCCO3)CC2. The van der Waals surface area contributed by atoms with Crippen molar-refractivity contribution in [1.29, 1.82) is 0 Å². The Morgan fingerprint density at radius 3 is 2.30 bits per heavy atom. The molecule has 1 amide bonds. The second-order valence-electron chi connectivity index (χ2n) is 7.42. The van der Waals surface area contributed by atoms with Crippen molar-refractivity contribution in [3.8, 4) is 11.5 Å². The lowest BCUT2D eigenvalue weighted by molar-refractivity contribution is -0.187. The lowest BCUT2D eigenvalue weighted by Gasteiger charge is -2.38. The molecule has 3 heterocycles. The minimum Gasteiger partial charge on any atom is -0.493 e. The van der Waals surface area contributed by atoms with Crippen LogP contribution in [0.15, 0.2) is 12.1 Å². The number of methoxy groups -OCH3 is 2. The Hall–Kier alpha value is -1.83. The fourth-order valence-electron chi connectivity index (χ4n) is 4.25. The van der Waals surface area contributed by atoms with E-state index in [1.807, 2.05) is 11.0 Å². The molecule has 1 spiro atoms. The third-order valence-corrected chi connectivity index (χ3v) is 5.85. The van der Waals surface area contributed by atoms with Gasteiger partial charge in [0.1, 0.15) is 0 Å². The van der Waals surface area contributed by atoms with Gasteiger partial charge in [-0.1, -0.05) is 0 Å². The molecular weight excluding hydrogens is 348 g/mol. The number of rotatable bonds is 4. The summed E-state index contributed by atoms with van der Waals surface area (Å²) in [6, 6.07) is 4.09. The van der Waals surface area contributed by atoms with Crippen molar-refractivity contribution in [1.82, 2.24) is 9.80 Å². The lowest BCUT2D eigenvalue weighted by Crippen LogP contribution is -2.50.